The Balaban J connectivity index is 1.20. The Morgan fingerprint density at radius 1 is 0.786 bits per heavy atom. The number of fused-ring (bicyclic) bond motifs is 2. The van der Waals surface area contributed by atoms with E-state index < -0.39 is 23.6 Å². The van der Waals surface area contributed by atoms with Crippen molar-refractivity contribution in [1.82, 2.24) is 48.9 Å². The molecule has 7 rings (SSSR count). The lowest BCUT2D eigenvalue weighted by atomic mass is 10.1. The number of nitrogens with zero attached hydrogens (tertiary/aromatic N) is 10. The summed E-state index contributed by atoms with van der Waals surface area (Å²) < 4.78 is 15.1. The number of imidazole rings is 2. The molecule has 5 aromatic heterocycles. The molecule has 1 aliphatic rings. The zero-order valence-corrected chi connectivity index (χ0v) is 29.9. The van der Waals surface area contributed by atoms with Gasteiger partial charge in [-0.25, -0.2) is 34.9 Å². The maximum Gasteiger partial charge on any atom is 0.276 e. The number of pyridine rings is 1. The Kier molecular flexibility index (Phi) is 11.2. The number of aromatic nitrogens is 9. The third-order valence-electron chi connectivity index (χ3n) is 8.76. The maximum absolute atomic E-state index is 13.3. The molecule has 20 heteroatoms. The van der Waals surface area contributed by atoms with Gasteiger partial charge in [0.15, 0.2) is 5.65 Å². The molecular formula is C36H36N14O6. The number of amides is 4. The van der Waals surface area contributed by atoms with Crippen molar-refractivity contribution >= 4 is 57.7 Å². The number of morpholine rings is 1. The number of hydrogen-bond acceptors (Lipinski definition) is 14. The van der Waals surface area contributed by atoms with Crippen molar-refractivity contribution in [3.05, 3.63) is 96.2 Å². The van der Waals surface area contributed by atoms with Crippen molar-refractivity contribution in [2.75, 3.05) is 50.1 Å². The first kappa shape index (κ1) is 37.1. The summed E-state index contributed by atoms with van der Waals surface area (Å²) in [5, 5.41) is 5.57. The fraction of sp³-hybridized carbons (Fsp3) is 0.250. The number of hydrogen-bond donors (Lipinski definition) is 4. The van der Waals surface area contributed by atoms with Crippen molar-refractivity contribution in [2.45, 2.75) is 19.5 Å². The van der Waals surface area contributed by atoms with E-state index in [1.807, 2.05) is 6.08 Å². The highest BCUT2D eigenvalue weighted by Crippen LogP contribution is 2.31. The minimum Gasteiger partial charge on any atom is -0.491 e. The quantitative estimate of drug-likeness (QED) is 0.0852. The number of carbonyl (C=O) groups excluding carboxylic acids is 4. The lowest BCUT2D eigenvalue weighted by Gasteiger charge is -2.26. The molecule has 6 aromatic rings. The molecule has 20 nitrogen and oxygen atoms in total. The number of primary amides is 2. The van der Waals surface area contributed by atoms with Crippen LogP contribution in [-0.2, 0) is 17.8 Å². The van der Waals surface area contributed by atoms with E-state index in [0.29, 0.717) is 54.2 Å². The molecule has 6 heterocycles. The highest BCUT2D eigenvalue weighted by atomic mass is 16.5. The molecule has 286 valence electrons. The highest BCUT2D eigenvalue weighted by Gasteiger charge is 2.21. The first-order valence-electron chi connectivity index (χ1n) is 17.5. The minimum atomic E-state index is -0.681. The van der Waals surface area contributed by atoms with Crippen LogP contribution in [0.15, 0.2) is 73.7 Å². The van der Waals surface area contributed by atoms with Gasteiger partial charge in [-0.3, -0.25) is 39.3 Å². The van der Waals surface area contributed by atoms with E-state index in [1.54, 1.807) is 21.3 Å². The lowest BCUT2D eigenvalue weighted by Crippen LogP contribution is -2.37. The van der Waals surface area contributed by atoms with Crippen LogP contribution in [0.5, 0.6) is 5.75 Å². The molecule has 1 aliphatic heterocycles. The second-order valence-electron chi connectivity index (χ2n) is 12.5. The van der Waals surface area contributed by atoms with Gasteiger partial charge in [0, 0.05) is 56.9 Å². The van der Waals surface area contributed by atoms with Crippen LogP contribution < -0.4 is 26.8 Å². The van der Waals surface area contributed by atoms with E-state index >= 15 is 0 Å². The number of nitrogens with two attached hydrogens (primary N) is 2. The number of anilines is 2. The van der Waals surface area contributed by atoms with Gasteiger partial charge in [0.1, 0.15) is 40.8 Å². The fourth-order valence-electron chi connectivity index (χ4n) is 6.01. The summed E-state index contributed by atoms with van der Waals surface area (Å²) >= 11 is 0. The third kappa shape index (κ3) is 8.45. The first-order valence-corrected chi connectivity index (χ1v) is 17.5. The second kappa shape index (κ2) is 16.9. The molecule has 4 amide bonds. The normalized spacial score (nSPS) is 13.3. The van der Waals surface area contributed by atoms with Crippen molar-refractivity contribution in [1.29, 1.82) is 0 Å². The third-order valence-corrected chi connectivity index (χ3v) is 8.76. The molecule has 1 fully saturated rings. The minimum absolute atomic E-state index is 0.113. The molecule has 56 heavy (non-hydrogen) atoms. The van der Waals surface area contributed by atoms with Gasteiger partial charge in [-0.05, 0) is 36.8 Å². The molecule has 0 bridgehead atoms. The van der Waals surface area contributed by atoms with Crippen LogP contribution >= 0.6 is 0 Å². The van der Waals surface area contributed by atoms with E-state index in [2.05, 4.69) is 50.4 Å². The molecule has 1 aromatic carbocycles. The van der Waals surface area contributed by atoms with Crippen LogP contribution in [0, 0.1) is 0 Å². The molecule has 1 saturated heterocycles. The van der Waals surface area contributed by atoms with Gasteiger partial charge in [-0.2, -0.15) is 0 Å². The van der Waals surface area contributed by atoms with Gasteiger partial charge in [0.05, 0.1) is 30.9 Å². The number of benzene rings is 1. The summed E-state index contributed by atoms with van der Waals surface area (Å²) in [6, 6.07) is 7.51. The SMILES string of the molecule is NC(=O)c1cnc2c(c1)nc(NC(=O)c1ccncn1)n2CC=CCn1c(NC(=O)c2ccncn2)nc2cc(C(N)=O)cc(OCCCN3CCOCC3)c21. The topological polar surface area (TPSA) is 266 Å². The van der Waals surface area contributed by atoms with Crippen LogP contribution in [0.1, 0.15) is 48.1 Å². The summed E-state index contributed by atoms with van der Waals surface area (Å²) in [7, 11) is 0. The summed E-state index contributed by atoms with van der Waals surface area (Å²) in [5.74, 6) is -1.78. The smallest absolute Gasteiger partial charge is 0.276 e. The van der Waals surface area contributed by atoms with Gasteiger partial charge in [0.25, 0.3) is 11.8 Å². The van der Waals surface area contributed by atoms with Gasteiger partial charge < -0.3 is 25.5 Å². The summed E-state index contributed by atoms with van der Waals surface area (Å²) in [5.41, 5.74) is 13.3. The zero-order chi connectivity index (χ0) is 39.0. The molecule has 6 N–H and O–H groups in total. The second-order valence-corrected chi connectivity index (χ2v) is 12.5. The molecule has 0 aliphatic carbocycles. The largest absolute Gasteiger partial charge is 0.491 e. The van der Waals surface area contributed by atoms with Crippen LogP contribution in [-0.4, -0.2) is 112 Å². The number of carbonyl (C=O) groups is 4. The van der Waals surface area contributed by atoms with Crippen molar-refractivity contribution < 1.29 is 28.7 Å². The zero-order valence-electron chi connectivity index (χ0n) is 29.9. The summed E-state index contributed by atoms with van der Waals surface area (Å²) in [6.07, 6.45) is 11.0. The van der Waals surface area contributed by atoms with Crippen LogP contribution in [0.4, 0.5) is 11.9 Å². The Hall–Kier alpha value is -7.19. The molecular weight excluding hydrogens is 724 g/mol. The monoisotopic (exact) mass is 760 g/mol. The van der Waals surface area contributed by atoms with Crippen molar-refractivity contribution in [3.63, 3.8) is 0 Å². The Labute approximate surface area is 318 Å². The van der Waals surface area contributed by atoms with Crippen LogP contribution in [0.25, 0.3) is 22.2 Å². The summed E-state index contributed by atoms with van der Waals surface area (Å²) in [6.45, 7) is 4.49. The Morgan fingerprint density at radius 3 is 2.02 bits per heavy atom. The van der Waals surface area contributed by atoms with Gasteiger partial charge >= 0.3 is 0 Å². The molecule has 0 radical (unpaired) electrons. The molecule has 0 saturated carbocycles. The fourth-order valence-corrected chi connectivity index (χ4v) is 6.01. The number of ether oxygens (including phenoxy) is 2. The van der Waals surface area contributed by atoms with E-state index in [1.165, 1.54) is 55.5 Å². The van der Waals surface area contributed by atoms with Crippen molar-refractivity contribution in [2.24, 2.45) is 11.5 Å². The van der Waals surface area contributed by atoms with Gasteiger partial charge in [-0.15, -0.1) is 0 Å². The average Bonchev–Trinajstić information content (AvgIpc) is 3.74. The summed E-state index contributed by atoms with van der Waals surface area (Å²) in [4.78, 5) is 82.3. The van der Waals surface area contributed by atoms with E-state index in [0.717, 1.165) is 19.6 Å². The highest BCUT2D eigenvalue weighted by molar-refractivity contribution is 6.04. The number of nitrogens with one attached hydrogen (secondary N) is 2. The van der Waals surface area contributed by atoms with Gasteiger partial charge in [-0.1, -0.05) is 12.2 Å². The standard InChI is InChI=1S/C36H36N14O6/c37-30(51)22-16-26-29(28(18-22)56-13-3-8-48-11-14-55-15-12-48)49(35(44-26)46-33(53)24-4-6-39-20-42-24)9-1-2-10-50-32-27(17-23(19-41-32)31(38)52)45-36(50)47-34(54)25-5-7-40-21-43-25/h1-2,4-7,16-21H,3,8-15H2,(H2,37,51)(H2,38,52)(H,44,46,53)(H,45,47,54). The van der Waals surface area contributed by atoms with E-state index in [4.69, 9.17) is 20.9 Å². The number of allylic oxidation sites excluding steroid dienone is 2. The lowest BCUT2D eigenvalue weighted by molar-refractivity contribution is 0.0358. The van der Waals surface area contributed by atoms with Crippen LogP contribution in [0.3, 0.4) is 0 Å². The first-order chi connectivity index (χ1) is 27.2. The van der Waals surface area contributed by atoms with Crippen LogP contribution in [0.2, 0.25) is 0 Å². The molecule has 0 atom stereocenters. The van der Waals surface area contributed by atoms with Gasteiger partial charge in [0.2, 0.25) is 23.7 Å². The predicted molar refractivity (Wildman–Crippen MR) is 201 cm³/mol. The molecule has 0 unspecified atom stereocenters. The van der Waals surface area contributed by atoms with E-state index in [-0.39, 0.29) is 47.5 Å². The Morgan fingerprint density at radius 2 is 1.39 bits per heavy atom. The Bertz CT molecular complexity index is 2430. The average molecular weight is 761 g/mol. The maximum atomic E-state index is 13.3. The van der Waals surface area contributed by atoms with E-state index in [9.17, 15) is 19.2 Å². The predicted octanol–water partition coefficient (Wildman–Crippen LogP) is 1.42. The molecule has 0 spiro atoms. The van der Waals surface area contributed by atoms with Crippen molar-refractivity contribution in [3.8, 4) is 5.75 Å². The number of rotatable bonds is 15.